The number of hydrogen-bond acceptors (Lipinski definition) is 5. The molecule has 18 heavy (non-hydrogen) atoms. The summed E-state index contributed by atoms with van der Waals surface area (Å²) < 4.78 is 0. The van der Waals surface area contributed by atoms with E-state index in [0.717, 1.165) is 5.70 Å². The molecular formula is C13H28N2O3. The second-order valence-electron chi connectivity index (χ2n) is 3.27. The zero-order chi connectivity index (χ0) is 14.4. The van der Waals surface area contributed by atoms with Crippen molar-refractivity contribution in [1.29, 1.82) is 0 Å². The third-order valence-electron chi connectivity index (χ3n) is 1.31. The molecule has 0 rings (SSSR count). The Morgan fingerprint density at radius 3 is 1.39 bits per heavy atom. The Hall–Kier alpha value is -1.49. The Morgan fingerprint density at radius 2 is 1.33 bits per heavy atom. The average molecular weight is 260 g/mol. The van der Waals surface area contributed by atoms with E-state index in [4.69, 9.17) is 0 Å². The van der Waals surface area contributed by atoms with Gasteiger partial charge in [0.15, 0.2) is 5.78 Å². The van der Waals surface area contributed by atoms with Gasteiger partial charge in [-0.2, -0.15) is 0 Å². The molecule has 0 aliphatic carbocycles. The van der Waals surface area contributed by atoms with Crippen LogP contribution in [0, 0.1) is 0 Å². The summed E-state index contributed by atoms with van der Waals surface area (Å²) >= 11 is 0. The minimum atomic E-state index is -0.0625. The fourth-order valence-corrected chi connectivity index (χ4v) is 0.728. The molecule has 108 valence electrons. The van der Waals surface area contributed by atoms with Crippen LogP contribution in [0.25, 0.3) is 0 Å². The van der Waals surface area contributed by atoms with E-state index in [1.165, 1.54) is 27.8 Å². The van der Waals surface area contributed by atoms with Crippen molar-refractivity contribution in [2.75, 3.05) is 14.1 Å². The van der Waals surface area contributed by atoms with Crippen LogP contribution in [0.4, 0.5) is 0 Å². The normalized spacial score (nSPS) is 8.50. The van der Waals surface area contributed by atoms with Crippen LogP contribution in [0.2, 0.25) is 0 Å². The third kappa shape index (κ3) is 36.6. The van der Waals surface area contributed by atoms with Crippen molar-refractivity contribution in [1.82, 2.24) is 5.32 Å². The molecule has 0 aliphatic heterocycles. The molecule has 0 saturated heterocycles. The maximum Gasteiger partial charge on any atom is 0.154 e. The van der Waals surface area contributed by atoms with Gasteiger partial charge < -0.3 is 11.1 Å². The van der Waals surface area contributed by atoms with Crippen LogP contribution in [0.1, 0.15) is 41.5 Å². The Bertz CT molecular complexity index is 259. The van der Waals surface area contributed by atoms with E-state index in [-0.39, 0.29) is 31.2 Å². The zero-order valence-corrected chi connectivity index (χ0v) is 11.6. The molecule has 0 atom stereocenters. The summed E-state index contributed by atoms with van der Waals surface area (Å²) in [6.45, 7) is 6.19. The Morgan fingerprint density at radius 1 is 1.00 bits per heavy atom. The van der Waals surface area contributed by atoms with Crippen molar-refractivity contribution in [3.63, 3.8) is 0 Å². The second kappa shape index (κ2) is 17.9. The summed E-state index contributed by atoms with van der Waals surface area (Å²) in [6.07, 6.45) is 1.64. The molecular weight excluding hydrogens is 232 g/mol. The van der Waals surface area contributed by atoms with Gasteiger partial charge in [-0.25, -0.2) is 0 Å². The van der Waals surface area contributed by atoms with Gasteiger partial charge >= 0.3 is 0 Å². The molecule has 0 unspecified atom stereocenters. The van der Waals surface area contributed by atoms with Gasteiger partial charge in [-0.15, -0.1) is 0 Å². The standard InChI is InChI=1S/C6H11NO.C5H8O2.CH5N.CH4/c1-5(7-3)4-6(2)8;1-4(6)3-5(2)7;1-2;/h4,7H,1-3H3;3H2,1-2H3;2H2,1H3;1H4/b5-4+;;;. The molecule has 3 N–H and O–H groups in total. The number of rotatable bonds is 4. The highest BCUT2D eigenvalue weighted by atomic mass is 16.1. The predicted octanol–water partition coefficient (Wildman–Crippen LogP) is 1.46. The van der Waals surface area contributed by atoms with Crippen LogP contribution >= 0.6 is 0 Å². The highest BCUT2D eigenvalue weighted by Gasteiger charge is 1.94. The lowest BCUT2D eigenvalue weighted by atomic mass is 10.2. The van der Waals surface area contributed by atoms with Crippen LogP contribution in [0.15, 0.2) is 11.8 Å². The molecule has 0 saturated carbocycles. The number of carbonyl (C=O) groups excluding carboxylic acids is 3. The topological polar surface area (TPSA) is 89.3 Å². The molecule has 0 heterocycles. The highest BCUT2D eigenvalue weighted by Crippen LogP contribution is 1.83. The van der Waals surface area contributed by atoms with Crippen molar-refractivity contribution in [3.8, 4) is 0 Å². The summed E-state index contributed by atoms with van der Waals surface area (Å²) in [5, 5.41) is 2.84. The van der Waals surface area contributed by atoms with Gasteiger partial charge in [-0.3, -0.25) is 14.4 Å². The average Bonchev–Trinajstić information content (AvgIpc) is 2.18. The quantitative estimate of drug-likeness (QED) is 0.590. The summed E-state index contributed by atoms with van der Waals surface area (Å²) in [6, 6.07) is 0. The Kier molecular flexibility index (Phi) is 25.2. The first-order valence-corrected chi connectivity index (χ1v) is 5.22. The Labute approximate surface area is 111 Å². The van der Waals surface area contributed by atoms with Crippen molar-refractivity contribution < 1.29 is 14.4 Å². The molecule has 5 heteroatoms. The summed E-state index contributed by atoms with van der Waals surface area (Å²) in [7, 11) is 3.29. The number of Topliss-reactive ketones (excluding diaryl/α,β-unsaturated/α-hetero) is 2. The highest BCUT2D eigenvalue weighted by molar-refractivity contribution is 5.96. The van der Waals surface area contributed by atoms with Crippen molar-refractivity contribution in [2.45, 2.75) is 41.5 Å². The van der Waals surface area contributed by atoms with E-state index in [2.05, 4.69) is 11.1 Å². The van der Waals surface area contributed by atoms with E-state index in [9.17, 15) is 14.4 Å². The summed E-state index contributed by atoms with van der Waals surface area (Å²) in [5.74, 6) is -0.0446. The molecule has 5 nitrogen and oxygen atoms in total. The fourth-order valence-electron chi connectivity index (χ4n) is 0.728. The first kappa shape index (κ1) is 25.4. The van der Waals surface area contributed by atoms with Crippen LogP contribution in [-0.2, 0) is 14.4 Å². The van der Waals surface area contributed by atoms with E-state index < -0.39 is 0 Å². The summed E-state index contributed by atoms with van der Waals surface area (Å²) in [4.78, 5) is 30.4. The number of hydrogen-bond donors (Lipinski definition) is 2. The summed E-state index contributed by atoms with van der Waals surface area (Å²) in [5.41, 5.74) is 5.40. The minimum Gasteiger partial charge on any atom is -0.392 e. The molecule has 0 aromatic carbocycles. The Balaban J connectivity index is -0.0000000916. The molecule has 0 radical (unpaired) electrons. The number of nitrogens with two attached hydrogens (primary N) is 1. The number of nitrogens with one attached hydrogen (secondary N) is 1. The maximum absolute atomic E-state index is 10.3. The fraction of sp³-hybridized carbons (Fsp3) is 0.615. The first-order valence-electron chi connectivity index (χ1n) is 5.22. The smallest absolute Gasteiger partial charge is 0.154 e. The first-order chi connectivity index (χ1) is 7.79. The van der Waals surface area contributed by atoms with E-state index >= 15 is 0 Å². The van der Waals surface area contributed by atoms with Gasteiger partial charge in [0.05, 0.1) is 6.42 Å². The molecule has 0 aromatic heterocycles. The molecule has 0 fully saturated rings. The maximum atomic E-state index is 10.3. The van der Waals surface area contributed by atoms with Crippen molar-refractivity contribution in [2.24, 2.45) is 5.73 Å². The molecule has 0 aliphatic rings. The predicted molar refractivity (Wildman–Crippen MR) is 76.3 cm³/mol. The third-order valence-corrected chi connectivity index (χ3v) is 1.31. The lowest BCUT2D eigenvalue weighted by Crippen LogP contribution is -2.02. The zero-order valence-electron chi connectivity index (χ0n) is 11.6. The number of carbonyl (C=O) groups is 3. The van der Waals surface area contributed by atoms with Gasteiger partial charge in [-0.1, -0.05) is 7.43 Å². The lowest BCUT2D eigenvalue weighted by molar-refractivity contribution is -0.124. The van der Waals surface area contributed by atoms with Gasteiger partial charge in [-0.05, 0) is 40.8 Å². The molecule has 0 amide bonds. The minimum absolute atomic E-state index is 0. The van der Waals surface area contributed by atoms with E-state index in [1.54, 1.807) is 13.1 Å². The van der Waals surface area contributed by atoms with Gasteiger partial charge in [0.1, 0.15) is 11.6 Å². The van der Waals surface area contributed by atoms with Crippen LogP contribution in [0.5, 0.6) is 0 Å². The number of allylic oxidation sites excluding steroid dienone is 2. The van der Waals surface area contributed by atoms with Crippen LogP contribution in [0.3, 0.4) is 0 Å². The van der Waals surface area contributed by atoms with Gasteiger partial charge in [0.25, 0.3) is 0 Å². The molecule has 0 aromatic rings. The van der Waals surface area contributed by atoms with Crippen LogP contribution < -0.4 is 11.1 Å². The van der Waals surface area contributed by atoms with Crippen molar-refractivity contribution in [3.05, 3.63) is 11.8 Å². The second-order valence-corrected chi connectivity index (χ2v) is 3.27. The largest absolute Gasteiger partial charge is 0.392 e. The lowest BCUT2D eigenvalue weighted by Gasteiger charge is -1.93. The number of ketones is 3. The van der Waals surface area contributed by atoms with Gasteiger partial charge in [0, 0.05) is 12.7 Å². The monoisotopic (exact) mass is 260 g/mol. The van der Waals surface area contributed by atoms with Gasteiger partial charge in [0.2, 0.25) is 0 Å². The molecule has 0 spiro atoms. The SMILES string of the molecule is C.CC(=O)CC(C)=O.CN.CN/C(C)=C/C(C)=O. The van der Waals surface area contributed by atoms with E-state index in [0.29, 0.717) is 0 Å². The van der Waals surface area contributed by atoms with Crippen LogP contribution in [-0.4, -0.2) is 31.4 Å². The van der Waals surface area contributed by atoms with Crippen molar-refractivity contribution >= 4 is 17.3 Å². The molecule has 0 bridgehead atoms. The van der Waals surface area contributed by atoms with E-state index in [1.807, 2.05) is 6.92 Å².